The second-order valence-electron chi connectivity index (χ2n) is 5.01. The van der Waals surface area contributed by atoms with Crippen molar-refractivity contribution in [1.29, 1.82) is 0 Å². The summed E-state index contributed by atoms with van der Waals surface area (Å²) < 4.78 is 0.835. The van der Waals surface area contributed by atoms with E-state index in [2.05, 4.69) is 47.6 Å². The molecule has 6 heteroatoms. The fourth-order valence-electron chi connectivity index (χ4n) is 1.86. The zero-order chi connectivity index (χ0) is 15.4. The predicted octanol–water partition coefficient (Wildman–Crippen LogP) is 3.43. The van der Waals surface area contributed by atoms with Crippen molar-refractivity contribution in [2.45, 2.75) is 38.1 Å². The van der Waals surface area contributed by atoms with Gasteiger partial charge in [-0.1, -0.05) is 41.3 Å². The molecule has 1 N–H and O–H groups in total. The van der Waals surface area contributed by atoms with Gasteiger partial charge in [-0.3, -0.25) is 4.79 Å². The first kappa shape index (κ1) is 16.0. The molecule has 0 radical (unpaired) electrons. The fourth-order valence-corrected chi connectivity index (χ4v) is 3.49. The van der Waals surface area contributed by atoms with E-state index in [0.717, 1.165) is 14.9 Å². The third kappa shape index (κ3) is 4.54. The zero-order valence-electron chi connectivity index (χ0n) is 12.6. The van der Waals surface area contributed by atoms with Crippen LogP contribution in [0, 0.1) is 20.8 Å². The minimum atomic E-state index is 0.00792. The number of benzene rings is 1. The van der Waals surface area contributed by atoms with Gasteiger partial charge in [-0.15, -0.1) is 10.2 Å². The third-order valence-electron chi connectivity index (χ3n) is 3.24. The second kappa shape index (κ2) is 7.04. The highest BCUT2D eigenvalue weighted by molar-refractivity contribution is 8.01. The van der Waals surface area contributed by atoms with Gasteiger partial charge in [0.25, 0.3) is 0 Å². The molecule has 0 aliphatic rings. The molecule has 1 heterocycles. The highest BCUT2D eigenvalue weighted by Crippen LogP contribution is 2.22. The Morgan fingerprint density at radius 1 is 1.29 bits per heavy atom. The molecule has 21 heavy (non-hydrogen) atoms. The van der Waals surface area contributed by atoms with Gasteiger partial charge in [0.1, 0.15) is 5.01 Å². The number of nitrogens with zero attached hydrogens (tertiary/aromatic N) is 2. The summed E-state index contributed by atoms with van der Waals surface area (Å²) in [6, 6.07) is 6.29. The van der Waals surface area contributed by atoms with E-state index in [9.17, 15) is 4.79 Å². The number of amides is 1. The monoisotopic (exact) mass is 321 g/mol. The summed E-state index contributed by atoms with van der Waals surface area (Å²) in [5.41, 5.74) is 3.63. The van der Waals surface area contributed by atoms with Crippen molar-refractivity contribution in [3.05, 3.63) is 39.9 Å². The van der Waals surface area contributed by atoms with Crippen molar-refractivity contribution < 1.29 is 4.79 Å². The minimum absolute atomic E-state index is 0.00792. The van der Waals surface area contributed by atoms with Gasteiger partial charge in [0.15, 0.2) is 4.34 Å². The average molecular weight is 321 g/mol. The van der Waals surface area contributed by atoms with Crippen LogP contribution in [0.15, 0.2) is 22.5 Å². The first-order valence-corrected chi connectivity index (χ1v) is 8.55. The predicted molar refractivity (Wildman–Crippen MR) is 87.8 cm³/mol. The maximum atomic E-state index is 12.0. The highest BCUT2D eigenvalue weighted by atomic mass is 32.2. The van der Waals surface area contributed by atoms with Gasteiger partial charge < -0.3 is 5.32 Å². The zero-order valence-corrected chi connectivity index (χ0v) is 14.3. The molecule has 1 aromatic heterocycles. The molecule has 1 atom stereocenters. The molecule has 1 unspecified atom stereocenters. The van der Waals surface area contributed by atoms with E-state index in [-0.39, 0.29) is 11.9 Å². The number of aromatic nitrogens is 2. The highest BCUT2D eigenvalue weighted by Gasteiger charge is 2.11. The average Bonchev–Trinajstić information content (AvgIpc) is 2.85. The maximum absolute atomic E-state index is 12.0. The molecule has 0 aliphatic heterocycles. The molecule has 0 saturated carbocycles. The summed E-state index contributed by atoms with van der Waals surface area (Å²) in [7, 11) is 0. The Kier molecular flexibility index (Phi) is 5.36. The fraction of sp³-hybridized carbons (Fsp3) is 0.400. The number of rotatable bonds is 5. The summed E-state index contributed by atoms with van der Waals surface area (Å²) in [4.78, 5) is 12.0. The van der Waals surface area contributed by atoms with Crippen molar-refractivity contribution in [2.24, 2.45) is 0 Å². The van der Waals surface area contributed by atoms with E-state index in [0.29, 0.717) is 5.75 Å². The molecule has 1 aromatic carbocycles. The van der Waals surface area contributed by atoms with E-state index in [4.69, 9.17) is 0 Å². The summed E-state index contributed by atoms with van der Waals surface area (Å²) in [5.74, 6) is 0.377. The number of hydrogen-bond donors (Lipinski definition) is 1. The van der Waals surface area contributed by atoms with Gasteiger partial charge >= 0.3 is 0 Å². The van der Waals surface area contributed by atoms with Gasteiger partial charge in [0, 0.05) is 0 Å². The van der Waals surface area contributed by atoms with Crippen LogP contribution in [0.2, 0.25) is 0 Å². The van der Waals surface area contributed by atoms with Crippen LogP contribution in [0.5, 0.6) is 0 Å². The molecule has 0 fully saturated rings. The van der Waals surface area contributed by atoms with Crippen LogP contribution >= 0.6 is 23.1 Å². The normalized spacial score (nSPS) is 12.2. The summed E-state index contributed by atoms with van der Waals surface area (Å²) in [6.45, 7) is 8.08. The first-order valence-electron chi connectivity index (χ1n) is 6.75. The molecule has 0 spiro atoms. The van der Waals surface area contributed by atoms with Crippen LogP contribution in [0.4, 0.5) is 0 Å². The Bertz CT molecular complexity index is 640. The number of carbonyl (C=O) groups excluding carboxylic acids is 1. The number of hydrogen-bond acceptors (Lipinski definition) is 5. The van der Waals surface area contributed by atoms with Crippen molar-refractivity contribution >= 4 is 29.0 Å². The lowest BCUT2D eigenvalue weighted by molar-refractivity contribution is -0.119. The number of nitrogens with one attached hydrogen (secondary N) is 1. The Morgan fingerprint density at radius 3 is 2.67 bits per heavy atom. The molecule has 0 saturated heterocycles. The van der Waals surface area contributed by atoms with Crippen LogP contribution in [-0.4, -0.2) is 21.9 Å². The van der Waals surface area contributed by atoms with Gasteiger partial charge in [-0.2, -0.15) is 0 Å². The van der Waals surface area contributed by atoms with Crippen molar-refractivity contribution in [3.8, 4) is 0 Å². The van der Waals surface area contributed by atoms with Crippen LogP contribution in [0.1, 0.15) is 34.7 Å². The molecule has 112 valence electrons. The Morgan fingerprint density at radius 2 is 2.05 bits per heavy atom. The van der Waals surface area contributed by atoms with Crippen molar-refractivity contribution in [3.63, 3.8) is 0 Å². The van der Waals surface area contributed by atoms with Gasteiger partial charge in [-0.25, -0.2) is 0 Å². The standard InChI is InChI=1S/C15H19N3OS2/c1-9-5-6-13(7-10(9)2)11(3)16-14(19)8-20-15-18-17-12(4)21-15/h5-7,11H,8H2,1-4H3,(H,16,19). The summed E-state index contributed by atoms with van der Waals surface area (Å²) in [5, 5.41) is 11.9. The quantitative estimate of drug-likeness (QED) is 0.857. The molecule has 1 amide bonds. The van der Waals surface area contributed by atoms with E-state index in [1.54, 1.807) is 0 Å². The smallest absolute Gasteiger partial charge is 0.230 e. The van der Waals surface area contributed by atoms with E-state index < -0.39 is 0 Å². The van der Waals surface area contributed by atoms with E-state index >= 15 is 0 Å². The first-order chi connectivity index (χ1) is 9.95. The van der Waals surface area contributed by atoms with Crippen LogP contribution in [-0.2, 0) is 4.79 Å². The third-order valence-corrected chi connectivity index (χ3v) is 5.21. The molecular weight excluding hydrogens is 302 g/mol. The number of thioether (sulfide) groups is 1. The SMILES string of the molecule is Cc1nnc(SCC(=O)NC(C)c2ccc(C)c(C)c2)s1. The molecule has 2 rings (SSSR count). The second-order valence-corrected chi connectivity index (χ2v) is 7.41. The van der Waals surface area contributed by atoms with Crippen molar-refractivity contribution in [2.75, 3.05) is 5.75 Å². The molecule has 4 nitrogen and oxygen atoms in total. The van der Waals surface area contributed by atoms with Gasteiger partial charge in [0.2, 0.25) is 5.91 Å². The van der Waals surface area contributed by atoms with Crippen LogP contribution < -0.4 is 5.32 Å². The minimum Gasteiger partial charge on any atom is -0.349 e. The van der Waals surface area contributed by atoms with Crippen LogP contribution in [0.25, 0.3) is 0 Å². The summed E-state index contributed by atoms with van der Waals surface area (Å²) in [6.07, 6.45) is 0. The molecule has 0 bridgehead atoms. The largest absolute Gasteiger partial charge is 0.349 e. The van der Waals surface area contributed by atoms with Gasteiger partial charge in [-0.05, 0) is 44.4 Å². The van der Waals surface area contributed by atoms with Gasteiger partial charge in [0.05, 0.1) is 11.8 Å². The summed E-state index contributed by atoms with van der Waals surface area (Å²) >= 11 is 2.93. The molecular formula is C15H19N3OS2. The Hall–Kier alpha value is -1.40. The maximum Gasteiger partial charge on any atom is 0.230 e. The topological polar surface area (TPSA) is 54.9 Å². The Balaban J connectivity index is 1.88. The number of aryl methyl sites for hydroxylation is 3. The lowest BCUT2D eigenvalue weighted by Gasteiger charge is -2.15. The Labute approximate surface area is 133 Å². The van der Waals surface area contributed by atoms with E-state index in [1.807, 2.05) is 13.8 Å². The molecule has 2 aromatic rings. The lowest BCUT2D eigenvalue weighted by Crippen LogP contribution is -2.28. The number of carbonyl (C=O) groups is 1. The lowest BCUT2D eigenvalue weighted by atomic mass is 10.0. The van der Waals surface area contributed by atoms with Crippen molar-refractivity contribution in [1.82, 2.24) is 15.5 Å². The van der Waals surface area contributed by atoms with E-state index in [1.165, 1.54) is 34.2 Å². The molecule has 0 aliphatic carbocycles. The van der Waals surface area contributed by atoms with Crippen LogP contribution in [0.3, 0.4) is 0 Å².